The molecule has 0 unspecified atom stereocenters. The van der Waals surface area contributed by atoms with E-state index in [0.29, 0.717) is 10.8 Å². The number of aliphatic carboxylic acids is 1. The molecule has 6 heteroatoms. The standard InChI is InChI=1S/C22H19ClN2O3/c23-15-4-1-3-14(11-15)20-12-21(18-5-2-6-19(18)25-20)24-16-7-9-17(10-8-16)28-13-22(26)27/h1,3-4,7-12H,2,5-6,13H2,(H,24,25)(H,26,27). The third-order valence-corrected chi connectivity index (χ3v) is 4.90. The number of carboxylic acid groups (broad SMARTS) is 1. The van der Waals surface area contributed by atoms with E-state index in [1.807, 2.05) is 36.4 Å². The number of nitrogens with one attached hydrogen (secondary N) is 1. The highest BCUT2D eigenvalue weighted by atomic mass is 35.5. The fourth-order valence-corrected chi connectivity index (χ4v) is 3.58. The molecule has 1 aliphatic rings. The second kappa shape index (κ2) is 7.90. The van der Waals surface area contributed by atoms with Gasteiger partial charge in [0.1, 0.15) is 5.75 Å². The number of carboxylic acids is 1. The monoisotopic (exact) mass is 394 g/mol. The van der Waals surface area contributed by atoms with Crippen LogP contribution < -0.4 is 10.1 Å². The fraction of sp³-hybridized carbons (Fsp3) is 0.182. The number of rotatable bonds is 6. The predicted octanol–water partition coefficient (Wildman–Crippen LogP) is 5.10. The van der Waals surface area contributed by atoms with Crippen LogP contribution in [0.25, 0.3) is 11.3 Å². The lowest BCUT2D eigenvalue weighted by Crippen LogP contribution is -2.09. The van der Waals surface area contributed by atoms with E-state index in [0.717, 1.165) is 47.6 Å². The third-order valence-electron chi connectivity index (χ3n) is 4.67. The summed E-state index contributed by atoms with van der Waals surface area (Å²) in [5.74, 6) is -0.476. The first kappa shape index (κ1) is 18.3. The van der Waals surface area contributed by atoms with Crippen LogP contribution in [0.2, 0.25) is 5.02 Å². The molecule has 0 saturated heterocycles. The van der Waals surface area contributed by atoms with E-state index in [4.69, 9.17) is 26.4 Å². The second-order valence-electron chi connectivity index (χ2n) is 6.68. The summed E-state index contributed by atoms with van der Waals surface area (Å²) >= 11 is 6.15. The van der Waals surface area contributed by atoms with Crippen LogP contribution in [0.1, 0.15) is 17.7 Å². The molecule has 1 aromatic heterocycles. The first-order valence-corrected chi connectivity index (χ1v) is 9.47. The number of carbonyl (C=O) groups is 1. The van der Waals surface area contributed by atoms with E-state index < -0.39 is 5.97 Å². The van der Waals surface area contributed by atoms with Gasteiger partial charge in [-0.1, -0.05) is 23.7 Å². The van der Waals surface area contributed by atoms with Crippen molar-refractivity contribution < 1.29 is 14.6 Å². The predicted molar refractivity (Wildman–Crippen MR) is 110 cm³/mol. The van der Waals surface area contributed by atoms with Crippen LogP contribution in [0, 0.1) is 0 Å². The summed E-state index contributed by atoms with van der Waals surface area (Å²) in [4.78, 5) is 15.5. The van der Waals surface area contributed by atoms with Crippen LogP contribution >= 0.6 is 11.6 Å². The van der Waals surface area contributed by atoms with Crippen molar-refractivity contribution in [2.75, 3.05) is 11.9 Å². The number of aromatic nitrogens is 1. The topological polar surface area (TPSA) is 71.5 Å². The van der Waals surface area contributed by atoms with Crippen molar-refractivity contribution in [2.45, 2.75) is 19.3 Å². The van der Waals surface area contributed by atoms with Crippen molar-refractivity contribution in [3.63, 3.8) is 0 Å². The molecule has 0 fully saturated rings. The molecular weight excluding hydrogens is 376 g/mol. The van der Waals surface area contributed by atoms with Gasteiger partial charge in [-0.2, -0.15) is 0 Å². The van der Waals surface area contributed by atoms with E-state index in [2.05, 4.69) is 11.4 Å². The van der Waals surface area contributed by atoms with Gasteiger partial charge in [0.2, 0.25) is 0 Å². The molecule has 0 amide bonds. The van der Waals surface area contributed by atoms with Crippen LogP contribution in [-0.2, 0) is 17.6 Å². The van der Waals surface area contributed by atoms with Gasteiger partial charge in [0.05, 0.1) is 5.69 Å². The lowest BCUT2D eigenvalue weighted by Gasteiger charge is -2.14. The Kier molecular flexibility index (Phi) is 5.17. The first-order chi connectivity index (χ1) is 13.6. The average Bonchev–Trinajstić information content (AvgIpc) is 3.16. The number of benzene rings is 2. The summed E-state index contributed by atoms with van der Waals surface area (Å²) in [7, 11) is 0. The van der Waals surface area contributed by atoms with E-state index >= 15 is 0 Å². The zero-order valence-electron chi connectivity index (χ0n) is 15.1. The van der Waals surface area contributed by atoms with Crippen molar-refractivity contribution in [3.05, 3.63) is 70.9 Å². The normalized spacial score (nSPS) is 12.5. The molecule has 4 rings (SSSR count). The van der Waals surface area contributed by atoms with E-state index in [1.54, 1.807) is 12.1 Å². The van der Waals surface area contributed by atoms with Crippen LogP contribution in [0.15, 0.2) is 54.6 Å². The lowest BCUT2D eigenvalue weighted by molar-refractivity contribution is -0.139. The van der Waals surface area contributed by atoms with E-state index in [1.165, 1.54) is 5.56 Å². The maximum Gasteiger partial charge on any atom is 0.341 e. The van der Waals surface area contributed by atoms with Crippen LogP contribution in [0.5, 0.6) is 5.75 Å². The molecule has 0 radical (unpaired) electrons. The number of hydrogen-bond donors (Lipinski definition) is 2. The molecule has 5 nitrogen and oxygen atoms in total. The Hall–Kier alpha value is -3.05. The van der Waals surface area contributed by atoms with E-state index in [-0.39, 0.29) is 6.61 Å². The molecule has 2 aromatic carbocycles. The van der Waals surface area contributed by atoms with Crippen LogP contribution in [-0.4, -0.2) is 22.7 Å². The largest absolute Gasteiger partial charge is 0.482 e. The van der Waals surface area contributed by atoms with Gasteiger partial charge < -0.3 is 15.2 Å². The Labute approximate surface area is 168 Å². The van der Waals surface area contributed by atoms with Gasteiger partial charge in [-0.25, -0.2) is 4.79 Å². The molecule has 142 valence electrons. The van der Waals surface area contributed by atoms with Gasteiger partial charge in [0, 0.05) is 27.7 Å². The number of pyridine rings is 1. The molecule has 0 atom stereocenters. The van der Waals surface area contributed by atoms with Crippen LogP contribution in [0.3, 0.4) is 0 Å². The SMILES string of the molecule is O=C(O)COc1ccc(Nc2cc(-c3cccc(Cl)c3)nc3c2CCC3)cc1. The van der Waals surface area contributed by atoms with Gasteiger partial charge in [-0.15, -0.1) is 0 Å². The van der Waals surface area contributed by atoms with Gasteiger partial charge in [0.15, 0.2) is 6.61 Å². The molecule has 3 aromatic rings. The van der Waals surface area contributed by atoms with Gasteiger partial charge in [-0.05, 0) is 67.3 Å². The molecule has 0 spiro atoms. The van der Waals surface area contributed by atoms with E-state index in [9.17, 15) is 4.79 Å². The molecule has 0 bridgehead atoms. The average molecular weight is 395 g/mol. The number of anilines is 2. The highest BCUT2D eigenvalue weighted by molar-refractivity contribution is 6.30. The molecule has 0 aliphatic heterocycles. The van der Waals surface area contributed by atoms with Gasteiger partial charge in [-0.3, -0.25) is 4.98 Å². The smallest absolute Gasteiger partial charge is 0.341 e. The Morgan fingerprint density at radius 1 is 1.14 bits per heavy atom. The van der Waals surface area contributed by atoms with Crippen LogP contribution in [0.4, 0.5) is 11.4 Å². The van der Waals surface area contributed by atoms with Gasteiger partial charge >= 0.3 is 5.97 Å². The summed E-state index contributed by atoms with van der Waals surface area (Å²) in [6.07, 6.45) is 3.07. The molecule has 0 saturated carbocycles. The number of aryl methyl sites for hydroxylation is 1. The minimum atomic E-state index is -0.997. The molecule has 28 heavy (non-hydrogen) atoms. The molecule has 2 N–H and O–H groups in total. The molecular formula is C22H19ClN2O3. The third kappa shape index (κ3) is 4.10. The highest BCUT2D eigenvalue weighted by Crippen LogP contribution is 2.34. The Balaban J connectivity index is 1.61. The number of fused-ring (bicyclic) bond motifs is 1. The van der Waals surface area contributed by atoms with Gasteiger partial charge in [0.25, 0.3) is 0 Å². The minimum Gasteiger partial charge on any atom is -0.482 e. The summed E-state index contributed by atoms with van der Waals surface area (Å²) < 4.78 is 5.18. The number of ether oxygens (including phenoxy) is 1. The highest BCUT2D eigenvalue weighted by Gasteiger charge is 2.19. The zero-order chi connectivity index (χ0) is 19.5. The second-order valence-corrected chi connectivity index (χ2v) is 7.11. The van der Waals surface area contributed by atoms with Crippen molar-refractivity contribution in [3.8, 4) is 17.0 Å². The number of nitrogens with zero attached hydrogens (tertiary/aromatic N) is 1. The zero-order valence-corrected chi connectivity index (χ0v) is 15.9. The Bertz CT molecular complexity index is 1020. The lowest BCUT2D eigenvalue weighted by atomic mass is 10.1. The Morgan fingerprint density at radius 3 is 2.71 bits per heavy atom. The summed E-state index contributed by atoms with van der Waals surface area (Å²) in [5, 5.41) is 12.9. The maximum absolute atomic E-state index is 10.6. The fourth-order valence-electron chi connectivity index (χ4n) is 3.39. The summed E-state index contributed by atoms with van der Waals surface area (Å²) in [5.41, 5.74) is 6.20. The van der Waals surface area contributed by atoms with Crippen molar-refractivity contribution in [1.82, 2.24) is 4.98 Å². The molecule has 1 aliphatic carbocycles. The Morgan fingerprint density at radius 2 is 1.96 bits per heavy atom. The maximum atomic E-state index is 10.6. The van der Waals surface area contributed by atoms with Crippen molar-refractivity contribution in [1.29, 1.82) is 0 Å². The first-order valence-electron chi connectivity index (χ1n) is 9.09. The number of hydrogen-bond acceptors (Lipinski definition) is 4. The van der Waals surface area contributed by atoms with Crippen molar-refractivity contribution in [2.24, 2.45) is 0 Å². The van der Waals surface area contributed by atoms with Crippen molar-refractivity contribution >= 4 is 28.9 Å². The molecule has 1 heterocycles. The quantitative estimate of drug-likeness (QED) is 0.608. The summed E-state index contributed by atoms with van der Waals surface area (Å²) in [6, 6.07) is 17.0. The minimum absolute atomic E-state index is 0.354. The summed E-state index contributed by atoms with van der Waals surface area (Å²) in [6.45, 7) is -0.354. The number of halogens is 1.